The Labute approximate surface area is 155 Å². The third kappa shape index (κ3) is 2.95. The van der Waals surface area contributed by atoms with Crippen molar-refractivity contribution in [3.05, 3.63) is 102 Å². The summed E-state index contributed by atoms with van der Waals surface area (Å²) in [6.07, 6.45) is 0.907. The van der Waals surface area contributed by atoms with E-state index in [1.54, 1.807) is 0 Å². The molecule has 0 spiro atoms. The molecule has 1 heterocycles. The van der Waals surface area contributed by atoms with Crippen LogP contribution in [0.2, 0.25) is 0 Å². The van der Waals surface area contributed by atoms with E-state index in [4.69, 9.17) is 0 Å². The molecular weight excluding hydrogens is 316 g/mol. The monoisotopic (exact) mass is 339 g/mol. The van der Waals surface area contributed by atoms with Gasteiger partial charge in [-0.1, -0.05) is 78.9 Å². The maximum absolute atomic E-state index is 2.26. The van der Waals surface area contributed by atoms with Gasteiger partial charge in [0.1, 0.15) is 5.69 Å². The maximum atomic E-state index is 2.26. The Morgan fingerprint density at radius 2 is 1.19 bits per heavy atom. The minimum absolute atomic E-state index is 0.907. The lowest BCUT2D eigenvalue weighted by molar-refractivity contribution is -0.740. The Morgan fingerprint density at radius 1 is 0.692 bits per heavy atom. The Kier molecular flexibility index (Phi) is 4.40. The zero-order chi connectivity index (χ0) is 17.9. The first-order chi connectivity index (χ1) is 12.8. The molecule has 0 atom stereocenters. The molecule has 0 unspecified atom stereocenters. The van der Waals surface area contributed by atoms with Crippen molar-refractivity contribution in [1.82, 2.24) is 4.68 Å². The molecular formula is C24H23N2+. The summed E-state index contributed by atoms with van der Waals surface area (Å²) in [6.45, 7) is 0. The van der Waals surface area contributed by atoms with Crippen LogP contribution in [0, 0.1) is 0 Å². The standard InChI is InChI=1S/C24H23N2/c1-25-23(20-14-8-4-9-15-20)22(18-19-12-6-3-7-13-19)24(26(25)2)21-16-10-5-11-17-21/h3-17H,18H2,1-2H3/q+1. The van der Waals surface area contributed by atoms with Gasteiger partial charge < -0.3 is 0 Å². The van der Waals surface area contributed by atoms with Gasteiger partial charge in [-0.25, -0.2) is 0 Å². The summed E-state index contributed by atoms with van der Waals surface area (Å²) in [5.74, 6) is 0. The first kappa shape index (κ1) is 16.3. The third-order valence-electron chi connectivity index (χ3n) is 4.99. The van der Waals surface area contributed by atoms with Gasteiger partial charge in [0.2, 0.25) is 5.69 Å². The predicted octanol–water partition coefficient (Wildman–Crippen LogP) is 4.77. The molecule has 0 N–H and O–H groups in total. The molecule has 128 valence electrons. The molecule has 0 aliphatic rings. The summed E-state index contributed by atoms with van der Waals surface area (Å²) in [6, 6.07) is 32.1. The number of aromatic nitrogens is 2. The van der Waals surface area contributed by atoms with Crippen molar-refractivity contribution in [2.75, 3.05) is 0 Å². The second-order valence-electron chi connectivity index (χ2n) is 6.62. The van der Waals surface area contributed by atoms with Crippen molar-refractivity contribution in [3.8, 4) is 22.5 Å². The lowest BCUT2D eigenvalue weighted by atomic mass is 9.96. The van der Waals surface area contributed by atoms with Crippen molar-refractivity contribution in [3.63, 3.8) is 0 Å². The molecule has 4 rings (SSSR count). The summed E-state index contributed by atoms with van der Waals surface area (Å²) in [5.41, 5.74) is 7.73. The highest BCUT2D eigenvalue weighted by molar-refractivity contribution is 5.73. The molecule has 0 aliphatic carbocycles. The van der Waals surface area contributed by atoms with Gasteiger partial charge in [0.15, 0.2) is 7.05 Å². The Hall–Kier alpha value is -3.13. The SMILES string of the molecule is Cn1c(-c2ccccc2)c(Cc2ccccc2)c(-c2ccccc2)[n+]1C. The highest BCUT2D eigenvalue weighted by atomic mass is 15.4. The van der Waals surface area contributed by atoms with Gasteiger partial charge in [0.25, 0.3) is 0 Å². The van der Waals surface area contributed by atoms with Gasteiger partial charge in [0, 0.05) is 17.5 Å². The lowest BCUT2D eigenvalue weighted by Gasteiger charge is -2.05. The molecule has 4 aromatic rings. The summed E-state index contributed by atoms with van der Waals surface area (Å²) in [4.78, 5) is 0. The number of hydrogen-bond acceptors (Lipinski definition) is 0. The van der Waals surface area contributed by atoms with E-state index in [2.05, 4.69) is 114 Å². The fourth-order valence-corrected chi connectivity index (χ4v) is 3.68. The fraction of sp³-hybridized carbons (Fsp3) is 0.125. The van der Waals surface area contributed by atoms with Crippen LogP contribution in [-0.4, -0.2) is 4.68 Å². The number of nitrogens with zero attached hydrogens (tertiary/aromatic N) is 2. The van der Waals surface area contributed by atoms with Crippen LogP contribution in [0.15, 0.2) is 91.0 Å². The molecule has 26 heavy (non-hydrogen) atoms. The van der Waals surface area contributed by atoms with Crippen LogP contribution < -0.4 is 4.68 Å². The highest BCUT2D eigenvalue weighted by Gasteiger charge is 2.28. The van der Waals surface area contributed by atoms with Crippen molar-refractivity contribution < 1.29 is 4.68 Å². The highest BCUT2D eigenvalue weighted by Crippen LogP contribution is 2.32. The minimum atomic E-state index is 0.907. The quantitative estimate of drug-likeness (QED) is 0.473. The van der Waals surface area contributed by atoms with E-state index in [1.165, 1.54) is 33.6 Å². The van der Waals surface area contributed by atoms with Crippen LogP contribution in [0.5, 0.6) is 0 Å². The first-order valence-electron chi connectivity index (χ1n) is 8.98. The summed E-state index contributed by atoms with van der Waals surface area (Å²) in [7, 11) is 4.28. The van der Waals surface area contributed by atoms with Crippen molar-refractivity contribution >= 4 is 0 Å². The van der Waals surface area contributed by atoms with E-state index in [0.29, 0.717) is 0 Å². The van der Waals surface area contributed by atoms with E-state index < -0.39 is 0 Å². The number of benzene rings is 3. The lowest BCUT2D eigenvalue weighted by Crippen LogP contribution is -2.39. The fourth-order valence-electron chi connectivity index (χ4n) is 3.68. The van der Waals surface area contributed by atoms with E-state index in [1.807, 2.05) is 0 Å². The van der Waals surface area contributed by atoms with Crippen molar-refractivity contribution in [2.45, 2.75) is 6.42 Å². The Bertz CT molecular complexity index is 938. The Morgan fingerprint density at radius 3 is 1.77 bits per heavy atom. The third-order valence-corrected chi connectivity index (χ3v) is 4.99. The average Bonchev–Trinajstić information content (AvgIpc) is 2.94. The van der Waals surface area contributed by atoms with Crippen LogP contribution in [0.4, 0.5) is 0 Å². The smallest absolute Gasteiger partial charge is 0.156 e. The van der Waals surface area contributed by atoms with Gasteiger partial charge in [-0.2, -0.15) is 4.68 Å². The van der Waals surface area contributed by atoms with Crippen LogP contribution in [-0.2, 0) is 20.5 Å². The predicted molar refractivity (Wildman–Crippen MR) is 107 cm³/mol. The summed E-state index contributed by atoms with van der Waals surface area (Å²) in [5, 5.41) is 0. The van der Waals surface area contributed by atoms with Gasteiger partial charge in [-0.05, 0) is 17.7 Å². The molecule has 0 fully saturated rings. The average molecular weight is 339 g/mol. The van der Waals surface area contributed by atoms with E-state index >= 15 is 0 Å². The number of hydrogen-bond donors (Lipinski definition) is 0. The molecule has 0 aliphatic heterocycles. The largest absolute Gasteiger partial charge is 0.242 e. The van der Waals surface area contributed by atoms with Crippen molar-refractivity contribution in [1.29, 1.82) is 0 Å². The topological polar surface area (TPSA) is 8.81 Å². The van der Waals surface area contributed by atoms with Crippen LogP contribution >= 0.6 is 0 Å². The molecule has 0 saturated heterocycles. The molecule has 0 amide bonds. The van der Waals surface area contributed by atoms with Gasteiger partial charge >= 0.3 is 0 Å². The molecule has 2 nitrogen and oxygen atoms in total. The molecule has 3 aromatic carbocycles. The van der Waals surface area contributed by atoms with Gasteiger partial charge in [-0.15, -0.1) is 4.68 Å². The molecule has 0 bridgehead atoms. The second-order valence-corrected chi connectivity index (χ2v) is 6.62. The summed E-state index contributed by atoms with van der Waals surface area (Å²) >= 11 is 0. The number of rotatable bonds is 4. The molecule has 2 heteroatoms. The van der Waals surface area contributed by atoms with Gasteiger partial charge in [0.05, 0.1) is 12.6 Å². The molecule has 0 radical (unpaired) electrons. The molecule has 0 saturated carbocycles. The Balaban J connectivity index is 1.97. The zero-order valence-corrected chi connectivity index (χ0v) is 15.3. The zero-order valence-electron chi connectivity index (χ0n) is 15.3. The first-order valence-corrected chi connectivity index (χ1v) is 8.98. The van der Waals surface area contributed by atoms with Crippen molar-refractivity contribution in [2.24, 2.45) is 14.1 Å². The van der Waals surface area contributed by atoms with Gasteiger partial charge in [-0.3, -0.25) is 0 Å². The van der Waals surface area contributed by atoms with Crippen LogP contribution in [0.3, 0.4) is 0 Å². The second kappa shape index (κ2) is 7.01. The maximum Gasteiger partial charge on any atom is 0.242 e. The summed E-state index contributed by atoms with van der Waals surface area (Å²) < 4.78 is 4.52. The van der Waals surface area contributed by atoms with E-state index in [0.717, 1.165) is 6.42 Å². The van der Waals surface area contributed by atoms with E-state index in [-0.39, 0.29) is 0 Å². The normalized spacial score (nSPS) is 10.8. The molecule has 1 aromatic heterocycles. The minimum Gasteiger partial charge on any atom is -0.156 e. The van der Waals surface area contributed by atoms with E-state index in [9.17, 15) is 0 Å². The van der Waals surface area contributed by atoms with Crippen LogP contribution in [0.25, 0.3) is 22.5 Å². The van der Waals surface area contributed by atoms with Crippen LogP contribution in [0.1, 0.15) is 11.1 Å².